The molecule has 1 heterocycles. The Balaban J connectivity index is 1.49. The molecule has 1 aliphatic carbocycles. The summed E-state index contributed by atoms with van der Waals surface area (Å²) in [6.07, 6.45) is 4.15. The maximum atomic E-state index is 12.9. The minimum atomic E-state index is -0.260. The Morgan fingerprint density at radius 2 is 1.79 bits per heavy atom. The molecule has 1 aromatic heterocycles. The van der Waals surface area contributed by atoms with Gasteiger partial charge in [-0.2, -0.15) is 5.10 Å². The maximum Gasteiger partial charge on any atom is 0.274 e. The molecule has 1 N–H and O–H groups in total. The van der Waals surface area contributed by atoms with Crippen molar-refractivity contribution < 1.29 is 9.53 Å². The van der Waals surface area contributed by atoms with Gasteiger partial charge in [0.2, 0.25) is 0 Å². The number of ether oxygens (including phenoxy) is 1. The average Bonchev–Trinajstić information content (AvgIpc) is 3.28. The first-order chi connectivity index (χ1) is 14.1. The molecule has 4 rings (SSSR count). The van der Waals surface area contributed by atoms with Crippen LogP contribution in [0.5, 0.6) is 5.75 Å². The normalized spacial score (nSPS) is 14.2. The number of rotatable bonds is 6. The third-order valence-electron chi connectivity index (χ3n) is 5.21. The Bertz CT molecular complexity index is 1070. The van der Waals surface area contributed by atoms with Gasteiger partial charge in [-0.15, -0.1) is 0 Å². The van der Waals surface area contributed by atoms with Crippen LogP contribution in [0.3, 0.4) is 0 Å². The van der Waals surface area contributed by atoms with Gasteiger partial charge in [-0.25, -0.2) is 4.68 Å². The van der Waals surface area contributed by atoms with Crippen LogP contribution in [0.15, 0.2) is 53.3 Å². The molecule has 1 amide bonds. The fourth-order valence-corrected chi connectivity index (χ4v) is 3.84. The number of aromatic nitrogens is 2. The maximum absolute atomic E-state index is 12.9. The quantitative estimate of drug-likeness (QED) is 0.668. The van der Waals surface area contributed by atoms with Crippen molar-refractivity contribution in [3.63, 3.8) is 0 Å². The Morgan fingerprint density at radius 3 is 2.52 bits per heavy atom. The zero-order valence-corrected chi connectivity index (χ0v) is 16.7. The fraction of sp³-hybridized carbons (Fsp3) is 0.318. The van der Waals surface area contributed by atoms with E-state index in [1.54, 1.807) is 28.9 Å². The predicted molar refractivity (Wildman–Crippen MR) is 112 cm³/mol. The van der Waals surface area contributed by atoms with Gasteiger partial charge in [-0.3, -0.25) is 9.59 Å². The lowest BCUT2D eigenvalue weighted by atomic mass is 10.1. The Morgan fingerprint density at radius 1 is 1.10 bits per heavy atom. The molecule has 29 heavy (non-hydrogen) atoms. The van der Waals surface area contributed by atoms with Crippen molar-refractivity contribution in [2.75, 3.05) is 6.61 Å². The SMILES string of the molecule is O=C(COc1ccc(Cl)cc1)NCc1nn(C2CCCC2)c(=O)c2ccccc12. The van der Waals surface area contributed by atoms with Crippen LogP contribution in [-0.2, 0) is 11.3 Å². The van der Waals surface area contributed by atoms with Gasteiger partial charge in [0.25, 0.3) is 11.5 Å². The van der Waals surface area contributed by atoms with E-state index in [0.717, 1.165) is 31.1 Å². The zero-order valence-electron chi connectivity index (χ0n) is 15.9. The molecule has 150 valence electrons. The summed E-state index contributed by atoms with van der Waals surface area (Å²) in [6, 6.07) is 14.4. The number of carbonyl (C=O) groups is 1. The van der Waals surface area contributed by atoms with Crippen LogP contribution in [0.1, 0.15) is 37.4 Å². The summed E-state index contributed by atoms with van der Waals surface area (Å²) in [5.74, 6) is 0.312. The molecular weight excluding hydrogens is 390 g/mol. The van der Waals surface area contributed by atoms with Gasteiger partial charge in [0.05, 0.1) is 23.7 Å². The first-order valence-corrected chi connectivity index (χ1v) is 10.1. The number of fused-ring (bicyclic) bond motifs is 1. The number of benzene rings is 2. The van der Waals surface area contributed by atoms with E-state index in [1.165, 1.54) is 0 Å². The van der Waals surface area contributed by atoms with Crippen molar-refractivity contribution in [1.82, 2.24) is 15.1 Å². The summed E-state index contributed by atoms with van der Waals surface area (Å²) in [5.41, 5.74) is 0.626. The second-order valence-corrected chi connectivity index (χ2v) is 7.64. The Hall–Kier alpha value is -2.86. The second kappa shape index (κ2) is 8.66. The standard InChI is InChI=1S/C22H22ClN3O3/c23-15-9-11-17(12-10-15)29-14-21(27)24-13-20-18-7-3-4-8-19(18)22(28)26(25-20)16-5-1-2-6-16/h3-4,7-12,16H,1-2,5-6,13-14H2,(H,24,27). The van der Waals surface area contributed by atoms with Crippen molar-refractivity contribution in [2.24, 2.45) is 0 Å². The molecule has 0 spiro atoms. The molecule has 1 aliphatic rings. The van der Waals surface area contributed by atoms with E-state index in [0.29, 0.717) is 21.9 Å². The molecule has 0 radical (unpaired) electrons. The summed E-state index contributed by atoms with van der Waals surface area (Å²) in [5, 5.41) is 9.47. The van der Waals surface area contributed by atoms with Crippen LogP contribution in [0.25, 0.3) is 10.8 Å². The van der Waals surface area contributed by atoms with Crippen molar-refractivity contribution in [1.29, 1.82) is 0 Å². The molecule has 1 fully saturated rings. The van der Waals surface area contributed by atoms with Crippen LogP contribution in [-0.4, -0.2) is 22.3 Å². The van der Waals surface area contributed by atoms with E-state index in [2.05, 4.69) is 10.4 Å². The highest BCUT2D eigenvalue weighted by Crippen LogP contribution is 2.28. The third-order valence-corrected chi connectivity index (χ3v) is 5.46. The molecule has 0 aliphatic heterocycles. The van der Waals surface area contributed by atoms with Gasteiger partial charge in [0, 0.05) is 10.4 Å². The number of hydrogen-bond acceptors (Lipinski definition) is 4. The van der Waals surface area contributed by atoms with Crippen LogP contribution >= 0.6 is 11.6 Å². The van der Waals surface area contributed by atoms with E-state index < -0.39 is 0 Å². The minimum Gasteiger partial charge on any atom is -0.484 e. The van der Waals surface area contributed by atoms with Crippen LogP contribution in [0, 0.1) is 0 Å². The first kappa shape index (κ1) is 19.5. The van der Waals surface area contributed by atoms with E-state index in [9.17, 15) is 9.59 Å². The summed E-state index contributed by atoms with van der Waals surface area (Å²) >= 11 is 5.84. The first-order valence-electron chi connectivity index (χ1n) is 9.77. The Kier molecular flexibility index (Phi) is 5.81. The monoisotopic (exact) mass is 411 g/mol. The molecule has 0 saturated heterocycles. The number of halogens is 1. The smallest absolute Gasteiger partial charge is 0.274 e. The molecule has 3 aromatic rings. The number of nitrogens with one attached hydrogen (secondary N) is 1. The lowest BCUT2D eigenvalue weighted by Crippen LogP contribution is -2.32. The molecule has 7 heteroatoms. The molecular formula is C22H22ClN3O3. The fourth-order valence-electron chi connectivity index (χ4n) is 3.71. The second-order valence-electron chi connectivity index (χ2n) is 7.20. The predicted octanol–water partition coefficient (Wildman–Crippen LogP) is 3.86. The van der Waals surface area contributed by atoms with Gasteiger partial charge in [-0.05, 0) is 43.2 Å². The van der Waals surface area contributed by atoms with Crippen molar-refractivity contribution >= 4 is 28.3 Å². The molecule has 6 nitrogen and oxygen atoms in total. The summed E-state index contributed by atoms with van der Waals surface area (Å²) in [7, 11) is 0. The molecule has 2 aromatic carbocycles. The van der Waals surface area contributed by atoms with Crippen molar-refractivity contribution in [3.05, 3.63) is 69.6 Å². The number of hydrogen-bond donors (Lipinski definition) is 1. The Labute approximate surface area is 173 Å². The molecule has 0 atom stereocenters. The highest BCUT2D eigenvalue weighted by Gasteiger charge is 2.21. The van der Waals surface area contributed by atoms with E-state index in [4.69, 9.17) is 16.3 Å². The van der Waals surface area contributed by atoms with Crippen LogP contribution < -0.4 is 15.6 Å². The molecule has 0 bridgehead atoms. The summed E-state index contributed by atoms with van der Waals surface area (Å²) in [4.78, 5) is 25.1. The van der Waals surface area contributed by atoms with E-state index in [1.807, 2.05) is 24.3 Å². The van der Waals surface area contributed by atoms with Crippen molar-refractivity contribution in [3.8, 4) is 5.75 Å². The topological polar surface area (TPSA) is 73.2 Å². The average molecular weight is 412 g/mol. The third kappa shape index (κ3) is 4.43. The van der Waals surface area contributed by atoms with Crippen molar-refractivity contribution in [2.45, 2.75) is 38.3 Å². The van der Waals surface area contributed by atoms with Gasteiger partial charge >= 0.3 is 0 Å². The lowest BCUT2D eigenvalue weighted by Gasteiger charge is -2.16. The van der Waals surface area contributed by atoms with Crippen LogP contribution in [0.2, 0.25) is 5.02 Å². The number of carbonyl (C=O) groups excluding carboxylic acids is 1. The summed E-state index contributed by atoms with van der Waals surface area (Å²) < 4.78 is 7.09. The number of amides is 1. The minimum absolute atomic E-state index is 0.0614. The van der Waals surface area contributed by atoms with Gasteiger partial charge in [0.15, 0.2) is 6.61 Å². The van der Waals surface area contributed by atoms with E-state index in [-0.39, 0.29) is 30.7 Å². The number of nitrogens with zero attached hydrogens (tertiary/aromatic N) is 2. The van der Waals surface area contributed by atoms with E-state index >= 15 is 0 Å². The van der Waals surface area contributed by atoms with Crippen LogP contribution in [0.4, 0.5) is 0 Å². The molecule has 1 saturated carbocycles. The zero-order chi connectivity index (χ0) is 20.2. The van der Waals surface area contributed by atoms with Gasteiger partial charge in [0.1, 0.15) is 5.75 Å². The summed E-state index contributed by atoms with van der Waals surface area (Å²) in [6.45, 7) is 0.123. The molecule has 0 unspecified atom stereocenters. The van der Waals surface area contributed by atoms with Gasteiger partial charge < -0.3 is 10.1 Å². The lowest BCUT2D eigenvalue weighted by molar-refractivity contribution is -0.123. The highest BCUT2D eigenvalue weighted by atomic mass is 35.5. The largest absolute Gasteiger partial charge is 0.484 e. The highest BCUT2D eigenvalue weighted by molar-refractivity contribution is 6.30. The van der Waals surface area contributed by atoms with Gasteiger partial charge in [-0.1, -0.05) is 42.6 Å².